The molecule has 2 amide bonds. The second-order valence-electron chi connectivity index (χ2n) is 4.23. The number of hydrogen-bond acceptors (Lipinski definition) is 3. The molecule has 1 aromatic heterocycles. The molecule has 100 valence electrons. The van der Waals surface area contributed by atoms with Crippen LogP contribution in [0.2, 0.25) is 5.02 Å². The van der Waals surface area contributed by atoms with E-state index in [1.54, 1.807) is 37.4 Å². The van der Waals surface area contributed by atoms with Crippen molar-refractivity contribution in [3.8, 4) is 0 Å². The fourth-order valence-electron chi connectivity index (χ4n) is 1.58. The summed E-state index contributed by atoms with van der Waals surface area (Å²) in [7, 11) is 1.68. The maximum atomic E-state index is 11.9. The van der Waals surface area contributed by atoms with E-state index in [9.17, 15) is 4.79 Å². The topological polar surface area (TPSA) is 58.4 Å². The van der Waals surface area contributed by atoms with E-state index in [1.807, 2.05) is 6.92 Å². The minimum absolute atomic E-state index is 0.240. The molecule has 0 radical (unpaired) electrons. The fourth-order valence-corrected chi connectivity index (χ4v) is 1.77. The summed E-state index contributed by atoms with van der Waals surface area (Å²) in [6, 6.07) is 8.54. The molecule has 1 N–H and O–H groups in total. The Morgan fingerprint density at radius 3 is 2.89 bits per heavy atom. The highest BCUT2D eigenvalue weighted by Gasteiger charge is 2.12. The van der Waals surface area contributed by atoms with Crippen molar-refractivity contribution in [2.24, 2.45) is 0 Å². The molecule has 19 heavy (non-hydrogen) atoms. The van der Waals surface area contributed by atoms with Crippen LogP contribution in [0, 0.1) is 6.92 Å². The molecule has 2 aromatic rings. The molecule has 5 nitrogen and oxygen atoms in total. The van der Waals surface area contributed by atoms with Crippen molar-refractivity contribution in [1.82, 2.24) is 10.1 Å². The van der Waals surface area contributed by atoms with Crippen LogP contribution in [0.25, 0.3) is 0 Å². The van der Waals surface area contributed by atoms with Gasteiger partial charge in [0.25, 0.3) is 0 Å². The number of aryl methyl sites for hydroxylation is 1. The highest BCUT2D eigenvalue weighted by molar-refractivity contribution is 6.30. The molecule has 0 aliphatic carbocycles. The van der Waals surface area contributed by atoms with Crippen molar-refractivity contribution >= 4 is 23.3 Å². The van der Waals surface area contributed by atoms with E-state index in [0.717, 1.165) is 5.69 Å². The third kappa shape index (κ3) is 3.72. The molecule has 0 aliphatic rings. The highest BCUT2D eigenvalue weighted by Crippen LogP contribution is 2.15. The van der Waals surface area contributed by atoms with Gasteiger partial charge in [0.2, 0.25) is 0 Å². The zero-order chi connectivity index (χ0) is 13.8. The number of anilines is 1. The summed E-state index contributed by atoms with van der Waals surface area (Å²) in [5, 5.41) is 7.10. The van der Waals surface area contributed by atoms with E-state index >= 15 is 0 Å². The van der Waals surface area contributed by atoms with Gasteiger partial charge in [-0.2, -0.15) is 0 Å². The predicted octanol–water partition coefficient (Wildman–Crippen LogP) is 3.30. The molecule has 6 heteroatoms. The molecule has 0 saturated heterocycles. The summed E-state index contributed by atoms with van der Waals surface area (Å²) in [5.41, 5.74) is 1.44. The Hall–Kier alpha value is -2.01. The number of carbonyl (C=O) groups excluding carboxylic acids is 1. The molecule has 0 spiro atoms. The van der Waals surface area contributed by atoms with E-state index in [1.165, 1.54) is 4.90 Å². The summed E-state index contributed by atoms with van der Waals surface area (Å²) in [6.07, 6.45) is 0. The number of nitrogens with one attached hydrogen (secondary N) is 1. The Labute approximate surface area is 116 Å². The van der Waals surface area contributed by atoms with Gasteiger partial charge in [0.1, 0.15) is 0 Å². The van der Waals surface area contributed by atoms with Gasteiger partial charge < -0.3 is 14.7 Å². The van der Waals surface area contributed by atoms with Crippen LogP contribution in [-0.2, 0) is 6.54 Å². The van der Waals surface area contributed by atoms with Crippen molar-refractivity contribution < 1.29 is 9.32 Å². The zero-order valence-corrected chi connectivity index (χ0v) is 11.4. The maximum absolute atomic E-state index is 11.9. The van der Waals surface area contributed by atoms with Gasteiger partial charge in [0.05, 0.1) is 12.2 Å². The molecule has 1 heterocycles. The number of nitrogens with zero attached hydrogens (tertiary/aromatic N) is 2. The lowest BCUT2D eigenvalue weighted by molar-refractivity contribution is 0.214. The molecule has 0 fully saturated rings. The van der Waals surface area contributed by atoms with E-state index < -0.39 is 0 Å². The number of amides is 2. The molecule has 0 aliphatic heterocycles. The van der Waals surface area contributed by atoms with Crippen molar-refractivity contribution in [3.63, 3.8) is 0 Å². The molecule has 0 unspecified atom stereocenters. The van der Waals surface area contributed by atoms with Crippen LogP contribution in [0.1, 0.15) is 11.5 Å². The molecule has 0 bridgehead atoms. The van der Waals surface area contributed by atoms with Crippen LogP contribution in [0.4, 0.5) is 10.5 Å². The molecule has 0 atom stereocenters. The fraction of sp³-hybridized carbons (Fsp3) is 0.231. The second kappa shape index (κ2) is 5.75. The quantitative estimate of drug-likeness (QED) is 0.938. The van der Waals surface area contributed by atoms with Gasteiger partial charge in [0.15, 0.2) is 5.76 Å². The van der Waals surface area contributed by atoms with Crippen LogP contribution < -0.4 is 5.32 Å². The van der Waals surface area contributed by atoms with Gasteiger partial charge >= 0.3 is 6.03 Å². The lowest BCUT2D eigenvalue weighted by atomic mass is 10.3. The van der Waals surface area contributed by atoms with Crippen molar-refractivity contribution in [2.45, 2.75) is 13.5 Å². The van der Waals surface area contributed by atoms with Crippen LogP contribution in [-0.4, -0.2) is 23.1 Å². The molecule has 0 saturated carbocycles. The van der Waals surface area contributed by atoms with Crippen molar-refractivity contribution in [1.29, 1.82) is 0 Å². The van der Waals surface area contributed by atoms with E-state index in [0.29, 0.717) is 23.0 Å². The highest BCUT2D eigenvalue weighted by atomic mass is 35.5. The molecule has 1 aromatic carbocycles. The van der Waals surface area contributed by atoms with Gasteiger partial charge in [-0.05, 0) is 25.1 Å². The summed E-state index contributed by atoms with van der Waals surface area (Å²) in [6.45, 7) is 2.19. The number of benzene rings is 1. The molecular weight excluding hydrogens is 266 g/mol. The largest absolute Gasteiger partial charge is 0.359 e. The third-order valence-electron chi connectivity index (χ3n) is 2.49. The monoisotopic (exact) mass is 279 g/mol. The Balaban J connectivity index is 1.96. The number of urea groups is 1. The first-order chi connectivity index (χ1) is 9.04. The van der Waals surface area contributed by atoms with Gasteiger partial charge in [0, 0.05) is 23.8 Å². The predicted molar refractivity (Wildman–Crippen MR) is 73.2 cm³/mol. The van der Waals surface area contributed by atoms with E-state index in [4.69, 9.17) is 16.1 Å². The third-order valence-corrected chi connectivity index (χ3v) is 2.73. The summed E-state index contributed by atoms with van der Waals surface area (Å²) >= 11 is 5.85. The number of rotatable bonds is 3. The maximum Gasteiger partial charge on any atom is 0.321 e. The Bertz CT molecular complexity index is 583. The van der Waals surface area contributed by atoms with Gasteiger partial charge in [-0.3, -0.25) is 0 Å². The average molecular weight is 280 g/mol. The summed E-state index contributed by atoms with van der Waals surface area (Å²) < 4.78 is 5.06. The van der Waals surface area contributed by atoms with Crippen molar-refractivity contribution in [2.75, 3.05) is 12.4 Å². The van der Waals surface area contributed by atoms with E-state index in [2.05, 4.69) is 10.5 Å². The van der Waals surface area contributed by atoms with Gasteiger partial charge in [-0.1, -0.05) is 22.8 Å². The lowest BCUT2D eigenvalue weighted by Crippen LogP contribution is -2.30. The van der Waals surface area contributed by atoms with Crippen LogP contribution in [0.3, 0.4) is 0 Å². The zero-order valence-electron chi connectivity index (χ0n) is 10.7. The number of hydrogen-bond donors (Lipinski definition) is 1. The van der Waals surface area contributed by atoms with Crippen LogP contribution in [0.15, 0.2) is 34.9 Å². The van der Waals surface area contributed by atoms with Gasteiger partial charge in [-0.25, -0.2) is 4.79 Å². The lowest BCUT2D eigenvalue weighted by Gasteiger charge is -2.16. The normalized spacial score (nSPS) is 10.3. The Morgan fingerprint density at radius 2 is 2.26 bits per heavy atom. The SMILES string of the molecule is Cc1cc(CN(C)C(=O)Nc2cccc(Cl)c2)on1. The number of aromatic nitrogens is 1. The van der Waals surface area contributed by atoms with Crippen LogP contribution >= 0.6 is 11.6 Å². The average Bonchev–Trinajstić information content (AvgIpc) is 2.74. The van der Waals surface area contributed by atoms with Crippen LogP contribution in [0.5, 0.6) is 0 Å². The first-order valence-electron chi connectivity index (χ1n) is 5.74. The smallest absolute Gasteiger partial charge is 0.321 e. The number of carbonyl (C=O) groups is 1. The first-order valence-corrected chi connectivity index (χ1v) is 6.12. The second-order valence-corrected chi connectivity index (χ2v) is 4.67. The Kier molecular flexibility index (Phi) is 4.06. The Morgan fingerprint density at radius 1 is 1.47 bits per heavy atom. The summed E-state index contributed by atoms with van der Waals surface area (Å²) in [4.78, 5) is 13.4. The number of halogens is 1. The first kappa shape index (κ1) is 13.4. The van der Waals surface area contributed by atoms with E-state index in [-0.39, 0.29) is 6.03 Å². The molecular formula is C13H14ClN3O2. The minimum atomic E-state index is -0.240. The minimum Gasteiger partial charge on any atom is -0.359 e. The summed E-state index contributed by atoms with van der Waals surface area (Å²) in [5.74, 6) is 0.640. The molecule has 2 rings (SSSR count). The van der Waals surface area contributed by atoms with Crippen molar-refractivity contribution in [3.05, 3.63) is 46.8 Å². The van der Waals surface area contributed by atoms with Gasteiger partial charge in [-0.15, -0.1) is 0 Å². The standard InChI is InChI=1S/C13H14ClN3O2/c1-9-6-12(19-16-9)8-17(2)13(18)15-11-5-3-4-10(14)7-11/h3-7H,8H2,1-2H3,(H,15,18).